The van der Waals surface area contributed by atoms with Gasteiger partial charge in [-0.15, -0.1) is 0 Å². The van der Waals surface area contributed by atoms with Gasteiger partial charge in [-0.3, -0.25) is 9.69 Å². The molecule has 1 unspecified atom stereocenters. The summed E-state index contributed by atoms with van der Waals surface area (Å²) in [7, 11) is 3.33. The monoisotopic (exact) mass is 448 g/mol. The van der Waals surface area contributed by atoms with Crippen LogP contribution in [0, 0.1) is 12.8 Å². The number of β-amino-alcohol motifs (C(OH)–C–C–N with tert-alkyl or cyclic N) is 1. The molecule has 10 nitrogen and oxygen atoms in total. The molecule has 1 aromatic carbocycles. The number of carbonyl (C=O) groups is 1. The minimum absolute atomic E-state index is 0.250. The van der Waals surface area contributed by atoms with E-state index in [0.717, 1.165) is 56.9 Å². The maximum Gasteiger partial charge on any atom is 0.290 e. The van der Waals surface area contributed by atoms with E-state index in [2.05, 4.69) is 32.1 Å². The number of ether oxygens (including phenoxy) is 2. The molecule has 1 atom stereocenters. The SMILES string of the molecule is COc1cc2c(cc1OC)CN(CC(O)C1CCN(c3noc(C)n3)CC1)CC2.O=CO. The average molecular weight is 449 g/mol. The van der Waals surface area contributed by atoms with Gasteiger partial charge in [0.1, 0.15) is 0 Å². The van der Waals surface area contributed by atoms with Gasteiger partial charge in [0.2, 0.25) is 5.89 Å². The first-order chi connectivity index (χ1) is 15.5. The minimum Gasteiger partial charge on any atom is -0.493 e. The molecule has 0 aliphatic carbocycles. The minimum atomic E-state index is -0.328. The number of nitrogens with zero attached hydrogens (tertiary/aromatic N) is 4. The number of piperidine rings is 1. The lowest BCUT2D eigenvalue weighted by Crippen LogP contribution is -2.44. The van der Waals surface area contributed by atoms with Gasteiger partial charge in [0, 0.05) is 39.6 Å². The van der Waals surface area contributed by atoms with E-state index in [1.54, 1.807) is 21.1 Å². The predicted octanol–water partition coefficient (Wildman–Crippen LogP) is 1.73. The van der Waals surface area contributed by atoms with Crippen molar-refractivity contribution in [3.05, 3.63) is 29.2 Å². The quantitative estimate of drug-likeness (QED) is 0.632. The average Bonchev–Trinajstić information content (AvgIpc) is 3.25. The van der Waals surface area contributed by atoms with Crippen molar-refractivity contribution in [1.82, 2.24) is 15.0 Å². The number of aromatic nitrogens is 2. The van der Waals surface area contributed by atoms with Gasteiger partial charge in [-0.2, -0.15) is 4.98 Å². The Bertz CT molecular complexity index is 881. The Morgan fingerprint density at radius 2 is 1.81 bits per heavy atom. The molecule has 10 heteroatoms. The van der Waals surface area contributed by atoms with E-state index in [1.165, 1.54) is 11.1 Å². The van der Waals surface area contributed by atoms with Crippen LogP contribution in [-0.4, -0.2) is 78.2 Å². The maximum absolute atomic E-state index is 10.9. The summed E-state index contributed by atoms with van der Waals surface area (Å²) in [5, 5.41) is 21.8. The number of benzene rings is 1. The Balaban J connectivity index is 0.000000913. The van der Waals surface area contributed by atoms with Gasteiger partial charge in [-0.1, -0.05) is 0 Å². The molecule has 32 heavy (non-hydrogen) atoms. The highest BCUT2D eigenvalue weighted by atomic mass is 16.5. The highest BCUT2D eigenvalue weighted by Gasteiger charge is 2.29. The summed E-state index contributed by atoms with van der Waals surface area (Å²) in [6.07, 6.45) is 2.50. The van der Waals surface area contributed by atoms with Crippen LogP contribution in [0.3, 0.4) is 0 Å². The highest BCUT2D eigenvalue weighted by Crippen LogP contribution is 2.33. The Hall–Kier alpha value is -2.85. The number of rotatable bonds is 6. The smallest absolute Gasteiger partial charge is 0.290 e. The molecule has 0 spiro atoms. The maximum atomic E-state index is 10.9. The van der Waals surface area contributed by atoms with Gasteiger partial charge >= 0.3 is 0 Å². The van der Waals surface area contributed by atoms with Crippen LogP contribution < -0.4 is 14.4 Å². The zero-order chi connectivity index (χ0) is 23.1. The second-order valence-corrected chi connectivity index (χ2v) is 8.07. The molecule has 0 saturated carbocycles. The van der Waals surface area contributed by atoms with Gasteiger partial charge in [0.05, 0.1) is 20.3 Å². The van der Waals surface area contributed by atoms with E-state index in [4.69, 9.17) is 23.9 Å². The lowest BCUT2D eigenvalue weighted by Gasteiger charge is -2.36. The van der Waals surface area contributed by atoms with E-state index in [-0.39, 0.29) is 12.6 Å². The van der Waals surface area contributed by atoms with Crippen molar-refractivity contribution in [1.29, 1.82) is 0 Å². The number of aliphatic hydroxyl groups is 1. The number of aryl methyl sites for hydroxylation is 1. The summed E-state index contributed by atoms with van der Waals surface area (Å²) in [6.45, 7) is 5.71. The van der Waals surface area contributed by atoms with Crippen LogP contribution in [0.15, 0.2) is 16.7 Å². The van der Waals surface area contributed by atoms with E-state index < -0.39 is 0 Å². The van der Waals surface area contributed by atoms with E-state index in [0.29, 0.717) is 24.3 Å². The van der Waals surface area contributed by atoms with Crippen molar-refractivity contribution < 1.29 is 29.0 Å². The highest BCUT2D eigenvalue weighted by molar-refractivity contribution is 5.48. The zero-order valence-corrected chi connectivity index (χ0v) is 18.9. The van der Waals surface area contributed by atoms with Crippen LogP contribution in [-0.2, 0) is 17.8 Å². The van der Waals surface area contributed by atoms with E-state index >= 15 is 0 Å². The molecule has 0 amide bonds. The second-order valence-electron chi connectivity index (χ2n) is 8.07. The van der Waals surface area contributed by atoms with Crippen molar-refractivity contribution in [3.63, 3.8) is 0 Å². The molecule has 1 saturated heterocycles. The molecule has 0 bridgehead atoms. The third-order valence-corrected chi connectivity index (χ3v) is 6.13. The molecule has 176 valence electrons. The lowest BCUT2D eigenvalue weighted by atomic mass is 9.90. The van der Waals surface area contributed by atoms with Crippen LogP contribution >= 0.6 is 0 Å². The molecule has 2 aromatic rings. The Morgan fingerprint density at radius 1 is 1.19 bits per heavy atom. The third kappa shape index (κ3) is 5.68. The van der Waals surface area contributed by atoms with Crippen LogP contribution in [0.1, 0.15) is 29.9 Å². The molecule has 2 aliphatic rings. The molecular weight excluding hydrogens is 416 g/mol. The van der Waals surface area contributed by atoms with Gasteiger partial charge in [0.15, 0.2) is 11.5 Å². The van der Waals surface area contributed by atoms with E-state index in [1.807, 2.05) is 0 Å². The summed E-state index contributed by atoms with van der Waals surface area (Å²) in [6, 6.07) is 4.15. The summed E-state index contributed by atoms with van der Waals surface area (Å²) >= 11 is 0. The summed E-state index contributed by atoms with van der Waals surface area (Å²) in [5.74, 6) is 3.08. The van der Waals surface area contributed by atoms with Crippen LogP contribution in [0.5, 0.6) is 11.5 Å². The molecular formula is C22H32N4O6. The number of hydrogen-bond donors (Lipinski definition) is 2. The topological polar surface area (TPSA) is 121 Å². The number of hydrogen-bond acceptors (Lipinski definition) is 9. The Kier molecular flexibility index (Phi) is 8.29. The van der Waals surface area contributed by atoms with Crippen LogP contribution in [0.2, 0.25) is 0 Å². The van der Waals surface area contributed by atoms with Crippen molar-refractivity contribution >= 4 is 12.4 Å². The van der Waals surface area contributed by atoms with Crippen molar-refractivity contribution in [2.75, 3.05) is 45.3 Å². The lowest BCUT2D eigenvalue weighted by molar-refractivity contribution is -0.122. The largest absolute Gasteiger partial charge is 0.493 e. The standard InChI is InChI=1S/C21H30N4O4.CH2O2/c1-14-22-21(23-29-14)25-8-5-15(6-9-25)18(26)13-24-7-4-16-10-19(27-2)20(28-3)11-17(16)12-24;2-1-3/h10-11,15,18,26H,4-9,12-13H2,1-3H3;1H,(H,2,3). The fourth-order valence-electron chi connectivity index (χ4n) is 4.41. The zero-order valence-electron chi connectivity index (χ0n) is 18.9. The number of anilines is 1. The van der Waals surface area contributed by atoms with E-state index in [9.17, 15) is 5.11 Å². The molecule has 2 aliphatic heterocycles. The fourth-order valence-corrected chi connectivity index (χ4v) is 4.41. The second kappa shape index (κ2) is 11.1. The van der Waals surface area contributed by atoms with Crippen molar-refractivity contribution in [2.24, 2.45) is 5.92 Å². The van der Waals surface area contributed by atoms with Crippen molar-refractivity contribution in [2.45, 2.75) is 38.8 Å². The molecule has 0 radical (unpaired) electrons. The number of carboxylic acid groups (broad SMARTS) is 1. The van der Waals surface area contributed by atoms with Crippen molar-refractivity contribution in [3.8, 4) is 11.5 Å². The number of methoxy groups -OCH3 is 2. The van der Waals surface area contributed by atoms with Gasteiger partial charge < -0.3 is 29.1 Å². The third-order valence-electron chi connectivity index (χ3n) is 6.13. The molecule has 3 heterocycles. The Labute approximate surface area is 187 Å². The summed E-state index contributed by atoms with van der Waals surface area (Å²) < 4.78 is 15.9. The van der Waals surface area contributed by atoms with Gasteiger partial charge in [-0.05, 0) is 53.6 Å². The first kappa shape index (κ1) is 23.8. The molecule has 4 rings (SSSR count). The first-order valence-corrected chi connectivity index (χ1v) is 10.8. The predicted molar refractivity (Wildman–Crippen MR) is 117 cm³/mol. The first-order valence-electron chi connectivity index (χ1n) is 10.8. The fraction of sp³-hybridized carbons (Fsp3) is 0.591. The molecule has 2 N–H and O–H groups in total. The van der Waals surface area contributed by atoms with Gasteiger partial charge in [0.25, 0.3) is 12.4 Å². The normalized spacial score (nSPS) is 17.7. The number of fused-ring (bicyclic) bond motifs is 1. The van der Waals surface area contributed by atoms with Crippen LogP contribution in [0.4, 0.5) is 5.95 Å². The number of aliphatic hydroxyl groups excluding tert-OH is 1. The molecule has 1 aromatic heterocycles. The summed E-state index contributed by atoms with van der Waals surface area (Å²) in [4.78, 5) is 17.1. The van der Waals surface area contributed by atoms with Gasteiger partial charge in [-0.25, -0.2) is 0 Å². The Morgan fingerprint density at radius 3 is 2.38 bits per heavy atom. The molecule has 1 fully saturated rings. The van der Waals surface area contributed by atoms with Crippen LogP contribution in [0.25, 0.3) is 0 Å². The summed E-state index contributed by atoms with van der Waals surface area (Å²) in [5.41, 5.74) is 2.56.